The van der Waals surface area contributed by atoms with Crippen molar-refractivity contribution in [2.24, 2.45) is 5.92 Å². The van der Waals surface area contributed by atoms with Crippen molar-refractivity contribution in [1.82, 2.24) is 4.90 Å². The van der Waals surface area contributed by atoms with Crippen LogP contribution in [0.25, 0.3) is 0 Å². The molecule has 4 nitrogen and oxygen atoms in total. The third-order valence-electron chi connectivity index (χ3n) is 3.68. The van der Waals surface area contributed by atoms with Gasteiger partial charge in [0, 0.05) is 26.0 Å². The molecule has 1 amide bonds. The summed E-state index contributed by atoms with van der Waals surface area (Å²) >= 11 is 0. The molecule has 0 aliphatic carbocycles. The van der Waals surface area contributed by atoms with E-state index in [1.54, 1.807) is 19.1 Å². The second-order valence-electron chi connectivity index (χ2n) is 4.70. The summed E-state index contributed by atoms with van der Waals surface area (Å²) in [4.78, 5) is 13.5. The van der Waals surface area contributed by atoms with Crippen molar-refractivity contribution in [3.63, 3.8) is 0 Å². The first-order chi connectivity index (χ1) is 8.67. The highest BCUT2D eigenvalue weighted by atomic mass is 16.5. The monoisotopic (exact) mass is 249 g/mol. The third-order valence-corrected chi connectivity index (χ3v) is 3.68. The van der Waals surface area contributed by atoms with E-state index in [1.807, 2.05) is 24.3 Å². The van der Waals surface area contributed by atoms with Crippen LogP contribution in [0.1, 0.15) is 24.4 Å². The van der Waals surface area contributed by atoms with Crippen molar-refractivity contribution >= 4 is 5.91 Å². The van der Waals surface area contributed by atoms with E-state index in [9.17, 15) is 9.90 Å². The molecule has 18 heavy (non-hydrogen) atoms. The highest BCUT2D eigenvalue weighted by Crippen LogP contribution is 2.35. The fourth-order valence-corrected chi connectivity index (χ4v) is 2.60. The molecule has 1 heterocycles. The van der Waals surface area contributed by atoms with Gasteiger partial charge in [-0.3, -0.25) is 4.79 Å². The molecule has 1 aromatic carbocycles. The van der Waals surface area contributed by atoms with Crippen molar-refractivity contribution < 1.29 is 14.6 Å². The Bertz CT molecular complexity index is 416. The molecule has 0 radical (unpaired) electrons. The first-order valence-electron chi connectivity index (χ1n) is 6.18. The van der Waals surface area contributed by atoms with Crippen LogP contribution in [0.4, 0.5) is 0 Å². The van der Waals surface area contributed by atoms with Crippen LogP contribution in [0.15, 0.2) is 24.3 Å². The normalized spacial score (nSPS) is 24.2. The SMILES string of the molecule is COc1ccc([C@H]2[C@H](CO)CCC(=O)N2C)cc1. The molecule has 98 valence electrons. The predicted molar refractivity (Wildman–Crippen MR) is 68.3 cm³/mol. The van der Waals surface area contributed by atoms with Gasteiger partial charge in [0.05, 0.1) is 13.2 Å². The van der Waals surface area contributed by atoms with Crippen molar-refractivity contribution in [3.05, 3.63) is 29.8 Å². The van der Waals surface area contributed by atoms with Crippen molar-refractivity contribution in [1.29, 1.82) is 0 Å². The van der Waals surface area contributed by atoms with E-state index >= 15 is 0 Å². The number of hydrogen-bond donors (Lipinski definition) is 1. The molecule has 1 fully saturated rings. The zero-order valence-corrected chi connectivity index (χ0v) is 10.8. The molecule has 0 saturated carbocycles. The van der Waals surface area contributed by atoms with Crippen LogP contribution < -0.4 is 4.74 Å². The number of methoxy groups -OCH3 is 1. The topological polar surface area (TPSA) is 49.8 Å². The molecule has 1 saturated heterocycles. The first-order valence-corrected chi connectivity index (χ1v) is 6.18. The zero-order chi connectivity index (χ0) is 13.1. The van der Waals surface area contributed by atoms with Crippen LogP contribution in [0.3, 0.4) is 0 Å². The molecule has 1 aliphatic rings. The van der Waals surface area contributed by atoms with Crippen molar-refractivity contribution in [2.45, 2.75) is 18.9 Å². The van der Waals surface area contributed by atoms with Crippen LogP contribution in [0.2, 0.25) is 0 Å². The van der Waals surface area contributed by atoms with Gasteiger partial charge in [-0.25, -0.2) is 0 Å². The van der Waals surface area contributed by atoms with Gasteiger partial charge in [-0.15, -0.1) is 0 Å². The lowest BCUT2D eigenvalue weighted by Gasteiger charge is -2.38. The smallest absolute Gasteiger partial charge is 0.222 e. The summed E-state index contributed by atoms with van der Waals surface area (Å²) in [5, 5.41) is 9.46. The number of likely N-dealkylation sites (tertiary alicyclic amines) is 1. The lowest BCUT2D eigenvalue weighted by Crippen LogP contribution is -2.41. The summed E-state index contributed by atoms with van der Waals surface area (Å²) in [6.07, 6.45) is 1.27. The van der Waals surface area contributed by atoms with Gasteiger partial charge in [-0.2, -0.15) is 0 Å². The van der Waals surface area contributed by atoms with Crippen molar-refractivity contribution in [3.8, 4) is 5.75 Å². The summed E-state index contributed by atoms with van der Waals surface area (Å²) in [5.74, 6) is 1.05. The first kappa shape index (κ1) is 12.9. The van der Waals surface area contributed by atoms with E-state index in [4.69, 9.17) is 4.74 Å². The van der Waals surface area contributed by atoms with Gasteiger partial charge in [0.2, 0.25) is 5.91 Å². The molecule has 2 rings (SSSR count). The van der Waals surface area contributed by atoms with E-state index in [1.165, 1.54) is 0 Å². The van der Waals surface area contributed by atoms with Crippen LogP contribution in [0.5, 0.6) is 5.75 Å². The molecule has 4 heteroatoms. The van der Waals surface area contributed by atoms with Gasteiger partial charge >= 0.3 is 0 Å². The highest BCUT2D eigenvalue weighted by molar-refractivity contribution is 5.77. The number of benzene rings is 1. The number of piperidine rings is 1. The second-order valence-corrected chi connectivity index (χ2v) is 4.70. The summed E-state index contributed by atoms with van der Waals surface area (Å²) in [7, 11) is 3.43. The molecule has 0 bridgehead atoms. The number of amides is 1. The molecule has 1 aromatic rings. The fraction of sp³-hybridized carbons (Fsp3) is 0.500. The van der Waals surface area contributed by atoms with Gasteiger partial charge in [-0.1, -0.05) is 12.1 Å². The Morgan fingerprint density at radius 1 is 1.39 bits per heavy atom. The molecule has 1 N–H and O–H groups in total. The number of carbonyl (C=O) groups excluding carboxylic acids is 1. The van der Waals surface area contributed by atoms with E-state index < -0.39 is 0 Å². The highest BCUT2D eigenvalue weighted by Gasteiger charge is 2.34. The number of ether oxygens (including phenoxy) is 1. The summed E-state index contributed by atoms with van der Waals surface area (Å²) < 4.78 is 5.13. The number of rotatable bonds is 3. The van der Waals surface area contributed by atoms with Crippen LogP contribution >= 0.6 is 0 Å². The third kappa shape index (κ3) is 2.34. The van der Waals surface area contributed by atoms with Gasteiger partial charge in [-0.05, 0) is 24.1 Å². The van der Waals surface area contributed by atoms with E-state index in [-0.39, 0.29) is 24.5 Å². The summed E-state index contributed by atoms with van der Waals surface area (Å²) in [6.45, 7) is 0.105. The lowest BCUT2D eigenvalue weighted by molar-refractivity contribution is -0.137. The fourth-order valence-electron chi connectivity index (χ4n) is 2.60. The van der Waals surface area contributed by atoms with Crippen LogP contribution in [-0.4, -0.2) is 36.7 Å². The largest absolute Gasteiger partial charge is 0.497 e. The van der Waals surface area contributed by atoms with E-state index in [0.29, 0.717) is 6.42 Å². The maximum absolute atomic E-state index is 11.8. The number of aliphatic hydroxyl groups excluding tert-OH is 1. The Hall–Kier alpha value is -1.55. The Kier molecular flexibility index (Phi) is 3.87. The minimum Gasteiger partial charge on any atom is -0.497 e. The van der Waals surface area contributed by atoms with E-state index in [2.05, 4.69) is 0 Å². The van der Waals surface area contributed by atoms with Gasteiger partial charge < -0.3 is 14.7 Å². The van der Waals surface area contributed by atoms with Gasteiger partial charge in [0.25, 0.3) is 0 Å². The Morgan fingerprint density at radius 3 is 2.61 bits per heavy atom. The Labute approximate surface area is 107 Å². The molecule has 1 aliphatic heterocycles. The average Bonchev–Trinajstić information content (AvgIpc) is 2.42. The summed E-state index contributed by atoms with van der Waals surface area (Å²) in [5.41, 5.74) is 1.05. The van der Waals surface area contributed by atoms with Crippen molar-refractivity contribution in [2.75, 3.05) is 20.8 Å². The maximum atomic E-state index is 11.8. The molecule has 0 aromatic heterocycles. The standard InChI is InChI=1S/C14H19NO3/c1-15-13(17)8-5-11(9-16)14(15)10-3-6-12(18-2)7-4-10/h3-4,6-7,11,14,16H,5,8-9H2,1-2H3/t11-,14-/m0/s1. The molecular formula is C14H19NO3. The zero-order valence-electron chi connectivity index (χ0n) is 10.8. The van der Waals surface area contributed by atoms with Crippen LogP contribution in [-0.2, 0) is 4.79 Å². The van der Waals surface area contributed by atoms with Gasteiger partial charge in [0.15, 0.2) is 0 Å². The lowest BCUT2D eigenvalue weighted by atomic mass is 9.85. The minimum absolute atomic E-state index is 0.0397. The molecule has 2 atom stereocenters. The average molecular weight is 249 g/mol. The number of nitrogens with zero attached hydrogens (tertiary/aromatic N) is 1. The van der Waals surface area contributed by atoms with Gasteiger partial charge in [0.1, 0.15) is 5.75 Å². The number of carbonyl (C=O) groups is 1. The summed E-state index contributed by atoms with van der Waals surface area (Å²) in [6, 6.07) is 7.65. The maximum Gasteiger partial charge on any atom is 0.222 e. The molecule has 0 spiro atoms. The number of hydrogen-bond acceptors (Lipinski definition) is 3. The minimum atomic E-state index is -0.0397. The second kappa shape index (κ2) is 5.40. The Morgan fingerprint density at radius 2 is 2.06 bits per heavy atom. The van der Waals surface area contributed by atoms with Crippen LogP contribution in [0, 0.1) is 5.92 Å². The van der Waals surface area contributed by atoms with E-state index in [0.717, 1.165) is 17.7 Å². The molecule has 0 unspecified atom stereocenters. The predicted octanol–water partition coefficient (Wildman–Crippen LogP) is 1.60. The number of aliphatic hydroxyl groups is 1. The molecular weight excluding hydrogens is 230 g/mol. The quantitative estimate of drug-likeness (QED) is 0.885. The Balaban J connectivity index is 2.28.